The standard InChI is InChI=1S/C23H21ClFN3O3/c24-15-10-8-14(9-11-15)20-13-18(22(30)26-19-6-1-2-7-21(19)29)23(31)28(27-20)17-5-3-4-16(25)12-17/h3-5,8-13,19,21,29H,1-2,6-7H2,(H,26,30)/t19-,21+/m0/s1. The van der Waals surface area contributed by atoms with Crippen molar-refractivity contribution in [1.82, 2.24) is 15.1 Å². The third-order valence-electron chi connectivity index (χ3n) is 5.39. The number of hydrogen-bond acceptors (Lipinski definition) is 4. The largest absolute Gasteiger partial charge is 0.391 e. The van der Waals surface area contributed by atoms with Crippen LogP contribution in [-0.4, -0.2) is 32.9 Å². The molecule has 1 aliphatic rings. The van der Waals surface area contributed by atoms with Crippen molar-refractivity contribution in [2.45, 2.75) is 37.8 Å². The minimum absolute atomic E-state index is 0.137. The van der Waals surface area contributed by atoms with Gasteiger partial charge in [-0.2, -0.15) is 9.78 Å². The minimum Gasteiger partial charge on any atom is -0.391 e. The van der Waals surface area contributed by atoms with Crippen LogP contribution in [0.25, 0.3) is 16.9 Å². The molecule has 0 radical (unpaired) electrons. The first-order valence-corrected chi connectivity index (χ1v) is 10.5. The van der Waals surface area contributed by atoms with Crippen molar-refractivity contribution >= 4 is 17.5 Å². The van der Waals surface area contributed by atoms with Gasteiger partial charge in [-0.05, 0) is 49.2 Å². The van der Waals surface area contributed by atoms with E-state index in [1.165, 1.54) is 30.3 Å². The Labute approximate surface area is 183 Å². The van der Waals surface area contributed by atoms with Crippen LogP contribution in [0.5, 0.6) is 0 Å². The summed E-state index contributed by atoms with van der Waals surface area (Å²) in [4.78, 5) is 26.1. The minimum atomic E-state index is -0.675. The van der Waals surface area contributed by atoms with Crippen LogP contribution in [0, 0.1) is 5.82 Å². The summed E-state index contributed by atoms with van der Waals surface area (Å²) in [6.45, 7) is 0. The predicted molar refractivity (Wildman–Crippen MR) is 116 cm³/mol. The van der Waals surface area contributed by atoms with E-state index in [0.717, 1.165) is 17.5 Å². The predicted octanol–water partition coefficient (Wildman–Crippen LogP) is 3.73. The Morgan fingerprint density at radius 2 is 1.87 bits per heavy atom. The number of nitrogens with one attached hydrogen (secondary N) is 1. The van der Waals surface area contributed by atoms with Crippen molar-refractivity contribution in [2.75, 3.05) is 0 Å². The van der Waals surface area contributed by atoms with Gasteiger partial charge in [-0.3, -0.25) is 9.59 Å². The zero-order chi connectivity index (χ0) is 22.0. The molecule has 1 saturated carbocycles. The lowest BCUT2D eigenvalue weighted by Crippen LogP contribution is -2.46. The van der Waals surface area contributed by atoms with Gasteiger partial charge in [0.1, 0.15) is 11.4 Å². The molecule has 1 amide bonds. The molecule has 0 saturated heterocycles. The van der Waals surface area contributed by atoms with Crippen LogP contribution in [0.15, 0.2) is 59.4 Å². The molecule has 160 valence electrons. The lowest BCUT2D eigenvalue weighted by atomic mass is 9.92. The average Bonchev–Trinajstić information content (AvgIpc) is 2.76. The first kappa shape index (κ1) is 21.2. The van der Waals surface area contributed by atoms with E-state index in [-0.39, 0.29) is 11.3 Å². The van der Waals surface area contributed by atoms with Gasteiger partial charge < -0.3 is 10.4 Å². The maximum absolute atomic E-state index is 13.8. The van der Waals surface area contributed by atoms with E-state index in [1.807, 2.05) is 0 Å². The fourth-order valence-electron chi connectivity index (χ4n) is 3.73. The van der Waals surface area contributed by atoms with Crippen molar-refractivity contribution < 1.29 is 14.3 Å². The number of benzene rings is 2. The number of aliphatic hydroxyl groups excluding tert-OH is 1. The van der Waals surface area contributed by atoms with E-state index in [2.05, 4.69) is 10.4 Å². The molecular formula is C23H21ClFN3O3. The molecule has 1 heterocycles. The quantitative estimate of drug-likeness (QED) is 0.646. The Hall–Kier alpha value is -3.03. The van der Waals surface area contributed by atoms with Crippen LogP contribution in [-0.2, 0) is 0 Å². The first-order chi connectivity index (χ1) is 14.9. The third-order valence-corrected chi connectivity index (χ3v) is 5.65. The number of halogens is 2. The van der Waals surface area contributed by atoms with Crippen LogP contribution in [0.4, 0.5) is 4.39 Å². The maximum atomic E-state index is 13.8. The van der Waals surface area contributed by atoms with Crippen LogP contribution in [0.3, 0.4) is 0 Å². The summed E-state index contributed by atoms with van der Waals surface area (Å²) in [6.07, 6.45) is 2.38. The van der Waals surface area contributed by atoms with Crippen molar-refractivity contribution in [2.24, 2.45) is 0 Å². The second-order valence-corrected chi connectivity index (χ2v) is 8.02. The lowest BCUT2D eigenvalue weighted by molar-refractivity contribution is 0.0716. The number of aromatic nitrogens is 2. The van der Waals surface area contributed by atoms with E-state index in [9.17, 15) is 19.1 Å². The highest BCUT2D eigenvalue weighted by atomic mass is 35.5. The SMILES string of the molecule is O=C(N[C@H]1CCCC[C@H]1O)c1cc(-c2ccc(Cl)cc2)nn(-c2cccc(F)c2)c1=O. The smallest absolute Gasteiger partial charge is 0.284 e. The molecule has 2 atom stereocenters. The van der Waals surface area contributed by atoms with E-state index in [1.54, 1.807) is 24.3 Å². The second kappa shape index (κ2) is 8.99. The molecule has 1 aliphatic carbocycles. The molecule has 0 unspecified atom stereocenters. The van der Waals surface area contributed by atoms with Crippen LogP contribution >= 0.6 is 11.6 Å². The molecule has 0 aliphatic heterocycles. The monoisotopic (exact) mass is 441 g/mol. The second-order valence-electron chi connectivity index (χ2n) is 7.58. The Bertz CT molecular complexity index is 1160. The summed E-state index contributed by atoms with van der Waals surface area (Å²) in [5, 5.41) is 17.9. The summed E-state index contributed by atoms with van der Waals surface area (Å²) in [6, 6.07) is 13.2. The molecule has 3 aromatic rings. The Kier molecular flexibility index (Phi) is 6.15. The zero-order valence-electron chi connectivity index (χ0n) is 16.6. The number of amides is 1. The molecule has 0 bridgehead atoms. The molecule has 6 nitrogen and oxygen atoms in total. The zero-order valence-corrected chi connectivity index (χ0v) is 17.3. The van der Waals surface area contributed by atoms with E-state index < -0.39 is 29.4 Å². The van der Waals surface area contributed by atoms with Gasteiger partial charge in [-0.15, -0.1) is 0 Å². The highest BCUT2D eigenvalue weighted by molar-refractivity contribution is 6.30. The van der Waals surface area contributed by atoms with Crippen LogP contribution < -0.4 is 10.9 Å². The molecule has 2 N–H and O–H groups in total. The Balaban J connectivity index is 1.80. The topological polar surface area (TPSA) is 84.2 Å². The molecule has 4 rings (SSSR count). The lowest BCUT2D eigenvalue weighted by Gasteiger charge is -2.28. The first-order valence-electron chi connectivity index (χ1n) is 10.1. The van der Waals surface area contributed by atoms with Crippen molar-refractivity contribution in [3.63, 3.8) is 0 Å². The van der Waals surface area contributed by atoms with Gasteiger partial charge in [0, 0.05) is 10.6 Å². The normalized spacial score (nSPS) is 18.5. The van der Waals surface area contributed by atoms with Gasteiger partial charge in [-0.25, -0.2) is 4.39 Å². The van der Waals surface area contributed by atoms with Gasteiger partial charge in [0.2, 0.25) is 0 Å². The fourth-order valence-corrected chi connectivity index (χ4v) is 3.85. The Morgan fingerprint density at radius 3 is 2.58 bits per heavy atom. The van der Waals surface area contributed by atoms with Gasteiger partial charge in [-0.1, -0.05) is 42.6 Å². The summed E-state index contributed by atoms with van der Waals surface area (Å²) in [5.41, 5.74) is 0.386. The Morgan fingerprint density at radius 1 is 1.13 bits per heavy atom. The molecule has 0 spiro atoms. The highest BCUT2D eigenvalue weighted by Gasteiger charge is 2.26. The van der Waals surface area contributed by atoms with E-state index in [4.69, 9.17) is 11.6 Å². The van der Waals surface area contributed by atoms with Gasteiger partial charge >= 0.3 is 0 Å². The molecule has 31 heavy (non-hydrogen) atoms. The van der Waals surface area contributed by atoms with Gasteiger partial charge in [0.15, 0.2) is 0 Å². The fraction of sp³-hybridized carbons (Fsp3) is 0.261. The number of carbonyl (C=O) groups is 1. The van der Waals surface area contributed by atoms with Crippen molar-refractivity contribution in [1.29, 1.82) is 0 Å². The summed E-state index contributed by atoms with van der Waals surface area (Å²) in [7, 11) is 0. The highest BCUT2D eigenvalue weighted by Crippen LogP contribution is 2.22. The number of nitrogens with zero attached hydrogens (tertiary/aromatic N) is 2. The third kappa shape index (κ3) is 4.68. The number of rotatable bonds is 4. The van der Waals surface area contributed by atoms with Gasteiger partial charge in [0.25, 0.3) is 11.5 Å². The molecule has 8 heteroatoms. The van der Waals surface area contributed by atoms with Gasteiger partial charge in [0.05, 0.1) is 23.5 Å². The molecular weight excluding hydrogens is 421 g/mol. The summed E-state index contributed by atoms with van der Waals surface area (Å²) < 4.78 is 14.8. The molecule has 2 aromatic carbocycles. The summed E-state index contributed by atoms with van der Waals surface area (Å²) >= 11 is 5.97. The molecule has 1 aromatic heterocycles. The van der Waals surface area contributed by atoms with Crippen molar-refractivity contribution in [3.8, 4) is 16.9 Å². The van der Waals surface area contributed by atoms with E-state index >= 15 is 0 Å². The average molecular weight is 442 g/mol. The number of carbonyl (C=O) groups excluding carboxylic acids is 1. The van der Waals surface area contributed by atoms with E-state index in [0.29, 0.717) is 29.1 Å². The number of aliphatic hydroxyl groups is 1. The van der Waals surface area contributed by atoms with Crippen LogP contribution in [0.2, 0.25) is 5.02 Å². The van der Waals surface area contributed by atoms with Crippen LogP contribution in [0.1, 0.15) is 36.0 Å². The number of hydrogen-bond donors (Lipinski definition) is 2. The summed E-state index contributed by atoms with van der Waals surface area (Å²) in [5.74, 6) is -1.13. The maximum Gasteiger partial charge on any atom is 0.284 e. The van der Waals surface area contributed by atoms with Crippen molar-refractivity contribution in [3.05, 3.63) is 81.4 Å². The molecule has 1 fully saturated rings.